The van der Waals surface area contributed by atoms with Gasteiger partial charge in [-0.2, -0.15) is 0 Å². The van der Waals surface area contributed by atoms with E-state index < -0.39 is 23.9 Å². The molecule has 0 aromatic heterocycles. The van der Waals surface area contributed by atoms with Crippen LogP contribution in [0.1, 0.15) is 36.2 Å². The van der Waals surface area contributed by atoms with Gasteiger partial charge in [-0.1, -0.05) is 6.07 Å². The van der Waals surface area contributed by atoms with Crippen LogP contribution in [0.25, 0.3) is 0 Å². The normalized spacial score (nSPS) is 16.4. The van der Waals surface area contributed by atoms with Gasteiger partial charge in [-0.3, -0.25) is 19.2 Å². The van der Waals surface area contributed by atoms with E-state index in [0.717, 1.165) is 5.56 Å². The highest BCUT2D eigenvalue weighted by molar-refractivity contribution is 6.01. The second-order valence-corrected chi connectivity index (χ2v) is 7.78. The highest BCUT2D eigenvalue weighted by Crippen LogP contribution is 2.34. The summed E-state index contributed by atoms with van der Waals surface area (Å²) < 4.78 is 10.7. The van der Waals surface area contributed by atoms with Crippen LogP contribution in [0.5, 0.6) is 5.75 Å². The summed E-state index contributed by atoms with van der Waals surface area (Å²) in [6.45, 7) is 4.98. The quantitative estimate of drug-likeness (QED) is 0.526. The maximum Gasteiger partial charge on any atom is 0.312 e. The Morgan fingerprint density at radius 1 is 1.12 bits per heavy atom. The van der Waals surface area contributed by atoms with Crippen LogP contribution >= 0.6 is 0 Å². The van der Waals surface area contributed by atoms with E-state index in [0.29, 0.717) is 22.7 Å². The molecule has 2 aromatic rings. The average Bonchev–Trinajstić information content (AvgIpc) is 3.15. The predicted molar refractivity (Wildman–Crippen MR) is 119 cm³/mol. The number of amides is 2. The van der Waals surface area contributed by atoms with Crippen LogP contribution < -0.4 is 15.0 Å². The number of methoxy groups -OCH3 is 1. The van der Waals surface area contributed by atoms with Crippen LogP contribution in [0, 0.1) is 12.8 Å². The van der Waals surface area contributed by atoms with Gasteiger partial charge in [0.05, 0.1) is 18.7 Å². The molecule has 1 N–H and O–H groups in total. The van der Waals surface area contributed by atoms with Crippen LogP contribution in [-0.4, -0.2) is 43.3 Å². The molecule has 168 valence electrons. The van der Waals surface area contributed by atoms with E-state index in [4.69, 9.17) is 9.47 Å². The fraction of sp³-hybridized carbons (Fsp3) is 0.333. The van der Waals surface area contributed by atoms with Crippen LogP contribution in [0.4, 0.5) is 11.4 Å². The molecule has 1 aliphatic heterocycles. The molecule has 0 spiro atoms. The Labute approximate surface area is 186 Å². The molecule has 0 saturated carbocycles. The maximum atomic E-state index is 12.6. The Balaban J connectivity index is 1.61. The lowest BCUT2D eigenvalue weighted by Gasteiger charge is -2.20. The SMILES string of the molecule is COc1ccc(C)cc1N1C[C@@H](C(=O)O[C@@H](C)C(=O)Nc2ccc(C(C)=O)cc2)CC1=O. The summed E-state index contributed by atoms with van der Waals surface area (Å²) in [5.41, 5.74) is 2.58. The standard InChI is InChI=1S/C24H26N2O6/c1-14-5-10-21(31-4)20(11-14)26-13-18(12-22(26)28)24(30)32-16(3)23(29)25-19-8-6-17(7-9-19)15(2)27/h5-11,16,18H,12-13H2,1-4H3,(H,25,29)/t16-,18-/m0/s1. The molecule has 3 rings (SSSR count). The number of carbonyl (C=O) groups excluding carboxylic acids is 4. The van der Waals surface area contributed by atoms with Crippen molar-refractivity contribution in [3.05, 3.63) is 53.6 Å². The first-order valence-electron chi connectivity index (χ1n) is 10.3. The van der Waals surface area contributed by atoms with E-state index in [1.165, 1.54) is 25.9 Å². The minimum Gasteiger partial charge on any atom is -0.495 e. The molecule has 8 heteroatoms. The number of hydrogen-bond donors (Lipinski definition) is 1. The molecule has 2 atom stereocenters. The first-order valence-corrected chi connectivity index (χ1v) is 10.3. The molecule has 0 radical (unpaired) electrons. The van der Waals surface area contributed by atoms with Crippen molar-refractivity contribution in [1.29, 1.82) is 0 Å². The van der Waals surface area contributed by atoms with Gasteiger partial charge in [-0.05, 0) is 62.7 Å². The van der Waals surface area contributed by atoms with E-state index in [1.54, 1.807) is 30.3 Å². The van der Waals surface area contributed by atoms with E-state index in [-0.39, 0.29) is 24.7 Å². The van der Waals surface area contributed by atoms with Crippen LogP contribution in [0.3, 0.4) is 0 Å². The minimum atomic E-state index is -1.05. The number of carbonyl (C=O) groups is 4. The molecule has 0 aliphatic carbocycles. The van der Waals surface area contributed by atoms with E-state index in [1.807, 2.05) is 19.1 Å². The number of anilines is 2. The summed E-state index contributed by atoms with van der Waals surface area (Å²) in [6.07, 6.45) is -1.05. The molecule has 2 aromatic carbocycles. The smallest absolute Gasteiger partial charge is 0.312 e. The molecule has 0 unspecified atom stereocenters. The van der Waals surface area contributed by atoms with Gasteiger partial charge < -0.3 is 19.7 Å². The van der Waals surface area contributed by atoms with Crippen LogP contribution in [-0.2, 0) is 19.1 Å². The Kier molecular flexibility index (Phi) is 6.92. The number of esters is 1. The van der Waals surface area contributed by atoms with Crippen molar-refractivity contribution in [3.8, 4) is 5.75 Å². The highest BCUT2D eigenvalue weighted by Gasteiger charge is 2.38. The first-order chi connectivity index (χ1) is 15.2. The number of nitrogens with one attached hydrogen (secondary N) is 1. The molecule has 2 amide bonds. The van der Waals surface area contributed by atoms with E-state index in [2.05, 4.69) is 5.32 Å². The number of aryl methyl sites for hydroxylation is 1. The second kappa shape index (κ2) is 9.64. The highest BCUT2D eigenvalue weighted by atomic mass is 16.5. The largest absolute Gasteiger partial charge is 0.495 e. The first kappa shape index (κ1) is 23.0. The van der Waals surface area contributed by atoms with Crippen molar-refractivity contribution in [2.24, 2.45) is 5.92 Å². The summed E-state index contributed by atoms with van der Waals surface area (Å²) >= 11 is 0. The maximum absolute atomic E-state index is 12.6. The van der Waals surface area contributed by atoms with Gasteiger partial charge in [-0.15, -0.1) is 0 Å². The number of hydrogen-bond acceptors (Lipinski definition) is 6. The summed E-state index contributed by atoms with van der Waals surface area (Å²) in [7, 11) is 1.52. The van der Waals surface area contributed by atoms with Crippen LogP contribution in [0.15, 0.2) is 42.5 Å². The monoisotopic (exact) mass is 438 g/mol. The lowest BCUT2D eigenvalue weighted by atomic mass is 10.1. The van der Waals surface area contributed by atoms with Crippen molar-refractivity contribution in [3.63, 3.8) is 0 Å². The molecule has 8 nitrogen and oxygen atoms in total. The molecular weight excluding hydrogens is 412 g/mol. The minimum absolute atomic E-state index is 0.00320. The van der Waals surface area contributed by atoms with Crippen LogP contribution in [0.2, 0.25) is 0 Å². The summed E-state index contributed by atoms with van der Waals surface area (Å²) in [5.74, 6) is -1.54. The molecular formula is C24H26N2O6. The Morgan fingerprint density at radius 3 is 2.44 bits per heavy atom. The summed E-state index contributed by atoms with van der Waals surface area (Å²) in [6, 6.07) is 11.9. The Bertz CT molecular complexity index is 1050. The fourth-order valence-electron chi connectivity index (χ4n) is 3.47. The van der Waals surface area contributed by atoms with Crippen molar-refractivity contribution < 1.29 is 28.7 Å². The lowest BCUT2D eigenvalue weighted by Crippen LogP contribution is -2.33. The zero-order chi connectivity index (χ0) is 23.4. The van der Waals surface area contributed by atoms with Crippen molar-refractivity contribution in [2.75, 3.05) is 23.9 Å². The van der Waals surface area contributed by atoms with Gasteiger partial charge in [0.15, 0.2) is 11.9 Å². The topological polar surface area (TPSA) is 102 Å². The molecule has 0 bridgehead atoms. The van der Waals surface area contributed by atoms with Gasteiger partial charge in [0.1, 0.15) is 5.75 Å². The zero-order valence-corrected chi connectivity index (χ0v) is 18.5. The number of ketones is 1. The predicted octanol–water partition coefficient (Wildman–Crippen LogP) is 3.13. The van der Waals surface area contributed by atoms with Crippen molar-refractivity contribution in [2.45, 2.75) is 33.3 Å². The molecule has 32 heavy (non-hydrogen) atoms. The van der Waals surface area contributed by atoms with E-state index >= 15 is 0 Å². The molecule has 1 fully saturated rings. The molecule has 1 heterocycles. The Hall–Kier alpha value is -3.68. The lowest BCUT2D eigenvalue weighted by molar-refractivity contribution is -0.157. The van der Waals surface area contributed by atoms with Gasteiger partial charge in [0, 0.05) is 24.2 Å². The number of Topliss-reactive ketones (excluding diaryl/α,β-unsaturated/α-hetero) is 1. The third kappa shape index (κ3) is 5.14. The third-order valence-electron chi connectivity index (χ3n) is 5.30. The van der Waals surface area contributed by atoms with Gasteiger partial charge in [-0.25, -0.2) is 0 Å². The third-order valence-corrected chi connectivity index (χ3v) is 5.30. The number of benzene rings is 2. The number of nitrogens with zero attached hydrogens (tertiary/aromatic N) is 1. The van der Waals surface area contributed by atoms with Gasteiger partial charge in [0.25, 0.3) is 5.91 Å². The average molecular weight is 438 g/mol. The molecule has 1 saturated heterocycles. The zero-order valence-electron chi connectivity index (χ0n) is 18.5. The molecule has 1 aliphatic rings. The van der Waals surface area contributed by atoms with E-state index in [9.17, 15) is 19.2 Å². The summed E-state index contributed by atoms with van der Waals surface area (Å²) in [4.78, 5) is 50.5. The van der Waals surface area contributed by atoms with Gasteiger partial charge >= 0.3 is 5.97 Å². The van der Waals surface area contributed by atoms with Crippen molar-refractivity contribution >= 4 is 34.9 Å². The number of rotatable bonds is 7. The second-order valence-electron chi connectivity index (χ2n) is 7.78. The van der Waals surface area contributed by atoms with Crippen molar-refractivity contribution in [1.82, 2.24) is 0 Å². The van der Waals surface area contributed by atoms with Gasteiger partial charge in [0.2, 0.25) is 5.91 Å². The number of ether oxygens (including phenoxy) is 2. The summed E-state index contributed by atoms with van der Waals surface area (Å²) in [5, 5.41) is 2.65. The Morgan fingerprint density at radius 2 is 1.81 bits per heavy atom. The fourth-order valence-corrected chi connectivity index (χ4v) is 3.47.